The quantitative estimate of drug-likeness (QED) is 0.252. The molecule has 6 atom stereocenters. The predicted octanol–water partition coefficient (Wildman–Crippen LogP) is 6.79. The fourth-order valence-electron chi connectivity index (χ4n) is 5.86. The maximum absolute atomic E-state index is 11.7. The zero-order valence-electron chi connectivity index (χ0n) is 19.9. The minimum atomic E-state index is -0.287. The lowest BCUT2D eigenvalue weighted by atomic mass is 9.66. The van der Waals surface area contributed by atoms with E-state index in [4.69, 9.17) is 9.47 Å². The number of hydrogen-bond acceptors (Lipinski definition) is 4. The van der Waals surface area contributed by atoms with E-state index in [2.05, 4.69) is 27.0 Å². The van der Waals surface area contributed by atoms with Crippen molar-refractivity contribution in [2.24, 2.45) is 23.7 Å². The van der Waals surface area contributed by atoms with Gasteiger partial charge in [0, 0.05) is 12.2 Å². The van der Waals surface area contributed by atoms with Gasteiger partial charge in [0.25, 0.3) is 0 Å². The molecule has 2 aliphatic rings. The van der Waals surface area contributed by atoms with E-state index >= 15 is 0 Å². The summed E-state index contributed by atoms with van der Waals surface area (Å²) in [4.78, 5) is 23.4. The summed E-state index contributed by atoms with van der Waals surface area (Å²) in [6, 6.07) is 0. The Morgan fingerprint density at radius 1 is 0.742 bits per heavy atom. The standard InChI is InChI=1S/C27H44O4/c1-5-9-11-20-18-24(30-26(28)7-3)15-13-22(20)17-23-14-16-25(31-27(29)8-4)19-21(23)12-10-6-2/h7-8,20-25H,3-6,9-19H2,1-2H3. The van der Waals surface area contributed by atoms with Crippen LogP contribution < -0.4 is 0 Å². The van der Waals surface area contributed by atoms with Gasteiger partial charge in [-0.25, -0.2) is 9.59 Å². The van der Waals surface area contributed by atoms with Gasteiger partial charge in [-0.15, -0.1) is 0 Å². The third kappa shape index (κ3) is 8.46. The van der Waals surface area contributed by atoms with Crippen LogP contribution in [-0.2, 0) is 19.1 Å². The highest BCUT2D eigenvalue weighted by Crippen LogP contribution is 2.44. The monoisotopic (exact) mass is 432 g/mol. The first-order valence-electron chi connectivity index (χ1n) is 12.7. The fourth-order valence-corrected chi connectivity index (χ4v) is 5.86. The number of ether oxygens (including phenoxy) is 2. The van der Waals surface area contributed by atoms with Crippen LogP contribution in [0.2, 0.25) is 0 Å². The molecule has 2 fully saturated rings. The van der Waals surface area contributed by atoms with Crippen LogP contribution in [0.25, 0.3) is 0 Å². The van der Waals surface area contributed by atoms with E-state index in [0.29, 0.717) is 23.7 Å². The highest BCUT2D eigenvalue weighted by atomic mass is 16.5. The van der Waals surface area contributed by atoms with Gasteiger partial charge in [-0.3, -0.25) is 0 Å². The molecule has 6 unspecified atom stereocenters. The summed E-state index contributed by atoms with van der Waals surface area (Å²) in [6.45, 7) is 11.6. The molecule has 2 aliphatic carbocycles. The summed E-state index contributed by atoms with van der Waals surface area (Å²) in [7, 11) is 0. The lowest BCUT2D eigenvalue weighted by molar-refractivity contribution is -0.146. The SMILES string of the molecule is C=CC(=O)OC1CCC(CC2CCC(OC(=O)C=C)CC2CCCC)C(CCCC)C1. The molecule has 0 aromatic carbocycles. The first-order valence-corrected chi connectivity index (χ1v) is 12.7. The van der Waals surface area contributed by atoms with E-state index in [0.717, 1.165) is 38.5 Å². The summed E-state index contributed by atoms with van der Waals surface area (Å²) in [5.74, 6) is 2.13. The Kier molecular flexibility index (Phi) is 11.4. The second kappa shape index (κ2) is 13.8. The number of esters is 2. The first kappa shape index (κ1) is 25.7. The molecule has 0 radical (unpaired) electrons. The van der Waals surface area contributed by atoms with Crippen molar-refractivity contribution in [1.82, 2.24) is 0 Å². The van der Waals surface area contributed by atoms with Crippen molar-refractivity contribution in [2.75, 3.05) is 0 Å². The average molecular weight is 433 g/mol. The third-order valence-corrected chi connectivity index (χ3v) is 7.54. The van der Waals surface area contributed by atoms with E-state index in [9.17, 15) is 9.59 Å². The van der Waals surface area contributed by atoms with Crippen molar-refractivity contribution in [3.05, 3.63) is 25.3 Å². The van der Waals surface area contributed by atoms with Crippen LogP contribution in [0.3, 0.4) is 0 Å². The summed E-state index contributed by atoms with van der Waals surface area (Å²) < 4.78 is 11.2. The Hall–Kier alpha value is -1.58. The molecule has 0 heterocycles. The molecule has 31 heavy (non-hydrogen) atoms. The fraction of sp³-hybridized carbons (Fsp3) is 0.778. The van der Waals surface area contributed by atoms with Crippen molar-refractivity contribution >= 4 is 11.9 Å². The Morgan fingerprint density at radius 3 is 1.52 bits per heavy atom. The Morgan fingerprint density at radius 2 is 1.16 bits per heavy atom. The minimum Gasteiger partial charge on any atom is -0.459 e. The van der Waals surface area contributed by atoms with E-state index in [1.807, 2.05) is 0 Å². The van der Waals surface area contributed by atoms with Gasteiger partial charge in [-0.05, 0) is 68.6 Å². The lowest BCUT2D eigenvalue weighted by Gasteiger charge is -2.42. The zero-order chi connectivity index (χ0) is 22.6. The largest absolute Gasteiger partial charge is 0.459 e. The smallest absolute Gasteiger partial charge is 0.330 e. The van der Waals surface area contributed by atoms with E-state index < -0.39 is 0 Å². The van der Waals surface area contributed by atoms with Crippen LogP contribution in [-0.4, -0.2) is 24.1 Å². The van der Waals surface area contributed by atoms with Crippen LogP contribution in [0.1, 0.15) is 97.3 Å². The lowest BCUT2D eigenvalue weighted by Crippen LogP contribution is -2.36. The van der Waals surface area contributed by atoms with Gasteiger partial charge in [-0.2, -0.15) is 0 Å². The maximum atomic E-state index is 11.7. The zero-order valence-corrected chi connectivity index (χ0v) is 19.9. The van der Waals surface area contributed by atoms with Crippen molar-refractivity contribution in [1.29, 1.82) is 0 Å². The van der Waals surface area contributed by atoms with Crippen LogP contribution in [0.15, 0.2) is 25.3 Å². The van der Waals surface area contributed by atoms with E-state index in [-0.39, 0.29) is 24.1 Å². The van der Waals surface area contributed by atoms with Gasteiger partial charge in [0.05, 0.1) is 0 Å². The molecule has 2 saturated carbocycles. The van der Waals surface area contributed by atoms with Crippen LogP contribution in [0.5, 0.6) is 0 Å². The molecule has 0 aliphatic heterocycles. The van der Waals surface area contributed by atoms with E-state index in [1.54, 1.807) is 0 Å². The number of rotatable bonds is 12. The molecule has 4 heteroatoms. The topological polar surface area (TPSA) is 52.6 Å². The maximum Gasteiger partial charge on any atom is 0.330 e. The van der Waals surface area contributed by atoms with Crippen LogP contribution in [0.4, 0.5) is 0 Å². The predicted molar refractivity (Wildman–Crippen MR) is 125 cm³/mol. The second-order valence-corrected chi connectivity index (χ2v) is 9.71. The molecule has 0 amide bonds. The van der Waals surface area contributed by atoms with Crippen LogP contribution >= 0.6 is 0 Å². The minimum absolute atomic E-state index is 0.0496. The normalized spacial score (nSPS) is 30.9. The van der Waals surface area contributed by atoms with E-state index in [1.165, 1.54) is 57.1 Å². The molecule has 0 aromatic rings. The van der Waals surface area contributed by atoms with Gasteiger partial charge < -0.3 is 9.47 Å². The highest BCUT2D eigenvalue weighted by Gasteiger charge is 2.37. The molecule has 0 bridgehead atoms. The molecular formula is C27H44O4. The highest BCUT2D eigenvalue weighted by molar-refractivity contribution is 5.81. The van der Waals surface area contributed by atoms with Crippen molar-refractivity contribution < 1.29 is 19.1 Å². The van der Waals surface area contributed by atoms with Crippen LogP contribution in [0, 0.1) is 23.7 Å². The number of carbonyl (C=O) groups is 2. The molecule has 0 N–H and O–H groups in total. The first-order chi connectivity index (χ1) is 15.0. The number of carbonyl (C=O) groups excluding carboxylic acids is 2. The van der Waals surface area contributed by atoms with Gasteiger partial charge in [0.1, 0.15) is 12.2 Å². The molecule has 0 spiro atoms. The van der Waals surface area contributed by atoms with Crippen molar-refractivity contribution in [3.8, 4) is 0 Å². The third-order valence-electron chi connectivity index (χ3n) is 7.54. The van der Waals surface area contributed by atoms with Crippen molar-refractivity contribution in [2.45, 2.75) is 110 Å². The Bertz CT molecular complexity index is 534. The molecule has 4 nitrogen and oxygen atoms in total. The molecule has 0 aromatic heterocycles. The number of unbranched alkanes of at least 4 members (excludes halogenated alkanes) is 2. The summed E-state index contributed by atoms with van der Waals surface area (Å²) in [5, 5.41) is 0. The van der Waals surface area contributed by atoms with Gasteiger partial charge >= 0.3 is 11.9 Å². The molecular weight excluding hydrogens is 388 g/mol. The van der Waals surface area contributed by atoms with Gasteiger partial charge in [0.15, 0.2) is 0 Å². The molecule has 0 saturated heterocycles. The molecule has 2 rings (SSSR count). The second-order valence-electron chi connectivity index (χ2n) is 9.71. The van der Waals surface area contributed by atoms with Gasteiger partial charge in [0.2, 0.25) is 0 Å². The summed E-state index contributed by atoms with van der Waals surface area (Å²) in [6.07, 6.45) is 17.5. The molecule has 176 valence electrons. The average Bonchev–Trinajstić information content (AvgIpc) is 2.78. The van der Waals surface area contributed by atoms with Gasteiger partial charge in [-0.1, -0.05) is 65.5 Å². The Labute approximate surface area is 189 Å². The summed E-state index contributed by atoms with van der Waals surface area (Å²) in [5.41, 5.74) is 0. The Balaban J connectivity index is 2.00. The van der Waals surface area contributed by atoms with Crippen molar-refractivity contribution in [3.63, 3.8) is 0 Å². The number of hydrogen-bond donors (Lipinski definition) is 0. The summed E-state index contributed by atoms with van der Waals surface area (Å²) >= 11 is 0.